The normalized spacial score (nSPS) is 11.4. The maximum absolute atomic E-state index is 12.4. The SMILES string of the molecule is Cc1cccc(C(=O)N(C)C(C#N)c2ccncc2)c1. The van der Waals surface area contributed by atoms with E-state index in [-0.39, 0.29) is 5.91 Å². The number of amides is 1. The third-order valence-electron chi connectivity index (χ3n) is 3.12. The standard InChI is InChI=1S/C16H15N3O/c1-12-4-3-5-14(10-12)16(20)19(2)15(11-17)13-6-8-18-9-7-13/h3-10,15H,1-2H3. The number of nitriles is 1. The summed E-state index contributed by atoms with van der Waals surface area (Å²) in [5.41, 5.74) is 2.36. The largest absolute Gasteiger partial charge is 0.322 e. The van der Waals surface area contributed by atoms with Crippen molar-refractivity contribution in [3.8, 4) is 6.07 Å². The van der Waals surface area contributed by atoms with Crippen molar-refractivity contribution < 1.29 is 4.79 Å². The van der Waals surface area contributed by atoms with Gasteiger partial charge in [0.15, 0.2) is 0 Å². The number of carbonyl (C=O) groups is 1. The average Bonchev–Trinajstić information content (AvgIpc) is 2.48. The van der Waals surface area contributed by atoms with E-state index in [1.807, 2.05) is 25.1 Å². The van der Waals surface area contributed by atoms with Crippen LogP contribution in [0.1, 0.15) is 27.5 Å². The summed E-state index contributed by atoms with van der Waals surface area (Å²) in [6, 6.07) is 12.4. The van der Waals surface area contributed by atoms with E-state index in [2.05, 4.69) is 11.1 Å². The van der Waals surface area contributed by atoms with Gasteiger partial charge in [-0.3, -0.25) is 9.78 Å². The van der Waals surface area contributed by atoms with Crippen molar-refractivity contribution in [1.29, 1.82) is 5.26 Å². The van der Waals surface area contributed by atoms with Gasteiger partial charge in [-0.2, -0.15) is 5.26 Å². The Morgan fingerprint density at radius 2 is 2.00 bits per heavy atom. The molecule has 0 saturated heterocycles. The highest BCUT2D eigenvalue weighted by atomic mass is 16.2. The molecule has 1 aromatic carbocycles. The number of hydrogen-bond donors (Lipinski definition) is 0. The predicted molar refractivity (Wildman–Crippen MR) is 75.9 cm³/mol. The molecule has 0 fully saturated rings. The molecule has 0 saturated carbocycles. The molecule has 0 aliphatic rings. The molecule has 0 spiro atoms. The maximum atomic E-state index is 12.4. The van der Waals surface area contributed by atoms with Gasteiger partial charge in [-0.15, -0.1) is 0 Å². The second-order valence-corrected chi connectivity index (χ2v) is 4.60. The van der Waals surface area contributed by atoms with Crippen molar-refractivity contribution in [2.75, 3.05) is 7.05 Å². The number of rotatable bonds is 3. The van der Waals surface area contributed by atoms with Crippen molar-refractivity contribution in [3.63, 3.8) is 0 Å². The molecule has 4 heteroatoms. The summed E-state index contributed by atoms with van der Waals surface area (Å²) < 4.78 is 0. The molecular formula is C16H15N3O. The fraction of sp³-hybridized carbons (Fsp3) is 0.188. The lowest BCUT2D eigenvalue weighted by atomic mass is 10.1. The Hall–Kier alpha value is -2.67. The van der Waals surface area contributed by atoms with Crippen LogP contribution >= 0.6 is 0 Å². The molecular weight excluding hydrogens is 250 g/mol. The monoisotopic (exact) mass is 265 g/mol. The molecule has 2 aromatic rings. The highest BCUT2D eigenvalue weighted by Gasteiger charge is 2.22. The molecule has 1 amide bonds. The maximum Gasteiger partial charge on any atom is 0.254 e. The lowest BCUT2D eigenvalue weighted by molar-refractivity contribution is 0.0763. The highest BCUT2D eigenvalue weighted by Crippen LogP contribution is 2.20. The predicted octanol–water partition coefficient (Wildman–Crippen LogP) is 2.73. The molecule has 4 nitrogen and oxygen atoms in total. The molecule has 2 rings (SSSR count). The number of pyridine rings is 1. The van der Waals surface area contributed by atoms with Crippen LogP contribution in [-0.2, 0) is 0 Å². The zero-order chi connectivity index (χ0) is 14.5. The first kappa shape index (κ1) is 13.8. The molecule has 1 heterocycles. The number of benzene rings is 1. The van der Waals surface area contributed by atoms with Gasteiger partial charge in [0, 0.05) is 25.0 Å². The molecule has 0 N–H and O–H groups in total. The van der Waals surface area contributed by atoms with Crippen molar-refractivity contribution in [2.24, 2.45) is 0 Å². The summed E-state index contributed by atoms with van der Waals surface area (Å²) in [5, 5.41) is 9.34. The highest BCUT2D eigenvalue weighted by molar-refractivity contribution is 5.94. The minimum atomic E-state index is -0.619. The number of aryl methyl sites for hydroxylation is 1. The van der Waals surface area contributed by atoms with Crippen LogP contribution in [0.25, 0.3) is 0 Å². The fourth-order valence-corrected chi connectivity index (χ4v) is 2.03. The van der Waals surface area contributed by atoms with Gasteiger partial charge in [-0.1, -0.05) is 17.7 Å². The number of aromatic nitrogens is 1. The number of carbonyl (C=O) groups excluding carboxylic acids is 1. The Morgan fingerprint density at radius 1 is 1.30 bits per heavy atom. The third-order valence-corrected chi connectivity index (χ3v) is 3.12. The van der Waals surface area contributed by atoms with E-state index in [9.17, 15) is 10.1 Å². The van der Waals surface area contributed by atoms with Crippen LogP contribution in [-0.4, -0.2) is 22.8 Å². The molecule has 1 aromatic heterocycles. The molecule has 0 bridgehead atoms. The van der Waals surface area contributed by atoms with Gasteiger partial charge < -0.3 is 4.90 Å². The first-order valence-electron chi connectivity index (χ1n) is 6.27. The first-order valence-corrected chi connectivity index (χ1v) is 6.27. The quantitative estimate of drug-likeness (QED) is 0.857. The van der Waals surface area contributed by atoms with Gasteiger partial charge in [-0.25, -0.2) is 0 Å². The van der Waals surface area contributed by atoms with Crippen molar-refractivity contribution >= 4 is 5.91 Å². The van der Waals surface area contributed by atoms with Crippen LogP contribution in [0.15, 0.2) is 48.8 Å². The molecule has 0 radical (unpaired) electrons. The molecule has 100 valence electrons. The van der Waals surface area contributed by atoms with Gasteiger partial charge in [0.25, 0.3) is 5.91 Å². The van der Waals surface area contributed by atoms with E-state index in [0.29, 0.717) is 5.56 Å². The van der Waals surface area contributed by atoms with Crippen molar-refractivity contribution in [3.05, 3.63) is 65.5 Å². The lowest BCUT2D eigenvalue weighted by Crippen LogP contribution is -2.30. The van der Waals surface area contributed by atoms with Crippen LogP contribution < -0.4 is 0 Å². The Labute approximate surface area is 118 Å². The fourth-order valence-electron chi connectivity index (χ4n) is 2.03. The summed E-state index contributed by atoms with van der Waals surface area (Å²) in [6.45, 7) is 1.93. The Balaban J connectivity index is 2.28. The smallest absolute Gasteiger partial charge is 0.254 e. The summed E-state index contributed by atoms with van der Waals surface area (Å²) in [7, 11) is 1.64. The van der Waals surface area contributed by atoms with Gasteiger partial charge in [-0.05, 0) is 36.8 Å². The van der Waals surface area contributed by atoms with E-state index in [0.717, 1.165) is 11.1 Å². The minimum Gasteiger partial charge on any atom is -0.322 e. The zero-order valence-corrected chi connectivity index (χ0v) is 11.4. The van der Waals surface area contributed by atoms with Gasteiger partial charge >= 0.3 is 0 Å². The topological polar surface area (TPSA) is 57.0 Å². The summed E-state index contributed by atoms with van der Waals surface area (Å²) in [4.78, 5) is 17.8. The molecule has 20 heavy (non-hydrogen) atoms. The first-order chi connectivity index (χ1) is 9.63. The van der Waals surface area contributed by atoms with E-state index >= 15 is 0 Å². The average molecular weight is 265 g/mol. The van der Waals surface area contributed by atoms with Crippen molar-refractivity contribution in [2.45, 2.75) is 13.0 Å². The summed E-state index contributed by atoms with van der Waals surface area (Å²) in [5.74, 6) is -0.169. The molecule has 1 unspecified atom stereocenters. The van der Waals surface area contributed by atoms with Gasteiger partial charge in [0.2, 0.25) is 0 Å². The Bertz CT molecular complexity index is 646. The summed E-state index contributed by atoms with van der Waals surface area (Å²) in [6.07, 6.45) is 3.23. The van der Waals surface area contributed by atoms with Crippen molar-refractivity contribution in [1.82, 2.24) is 9.88 Å². The molecule has 1 atom stereocenters. The van der Waals surface area contributed by atoms with Gasteiger partial charge in [0.05, 0.1) is 6.07 Å². The van der Waals surface area contributed by atoms with E-state index in [1.165, 1.54) is 4.90 Å². The van der Waals surface area contributed by atoms with E-state index in [1.54, 1.807) is 37.6 Å². The second kappa shape index (κ2) is 5.98. The van der Waals surface area contributed by atoms with Crippen LogP contribution in [0.3, 0.4) is 0 Å². The zero-order valence-electron chi connectivity index (χ0n) is 11.4. The number of nitrogens with zero attached hydrogens (tertiary/aromatic N) is 3. The Kier molecular flexibility index (Phi) is 4.11. The Morgan fingerprint density at radius 3 is 2.60 bits per heavy atom. The molecule has 0 aliphatic heterocycles. The van der Waals surface area contributed by atoms with Crippen LogP contribution in [0.2, 0.25) is 0 Å². The van der Waals surface area contributed by atoms with E-state index < -0.39 is 6.04 Å². The number of hydrogen-bond acceptors (Lipinski definition) is 3. The second-order valence-electron chi connectivity index (χ2n) is 4.60. The van der Waals surface area contributed by atoms with E-state index in [4.69, 9.17) is 0 Å². The third kappa shape index (κ3) is 2.83. The summed E-state index contributed by atoms with van der Waals surface area (Å²) >= 11 is 0. The van der Waals surface area contributed by atoms with Crippen LogP contribution in [0, 0.1) is 18.3 Å². The minimum absolute atomic E-state index is 0.169. The van der Waals surface area contributed by atoms with Crippen LogP contribution in [0.4, 0.5) is 0 Å². The van der Waals surface area contributed by atoms with Crippen LogP contribution in [0.5, 0.6) is 0 Å². The molecule has 0 aliphatic carbocycles. The lowest BCUT2D eigenvalue weighted by Gasteiger charge is -2.23. The van der Waals surface area contributed by atoms with Gasteiger partial charge in [0.1, 0.15) is 6.04 Å².